The largest absolute Gasteiger partial charge is 0.322 e. The smallest absolute Gasteiger partial charge is 0.180 e. The Labute approximate surface area is 133 Å². The van der Waals surface area contributed by atoms with Crippen molar-refractivity contribution in [1.82, 2.24) is 25.1 Å². The molecular formula is C15H15ClN6. The van der Waals surface area contributed by atoms with Crippen molar-refractivity contribution >= 4 is 23.2 Å². The maximum Gasteiger partial charge on any atom is 0.180 e. The zero-order valence-electron chi connectivity index (χ0n) is 11.6. The van der Waals surface area contributed by atoms with E-state index in [9.17, 15) is 0 Å². The Kier molecular flexibility index (Phi) is 3.23. The van der Waals surface area contributed by atoms with E-state index in [2.05, 4.69) is 30.5 Å². The highest BCUT2D eigenvalue weighted by atomic mass is 35.5. The van der Waals surface area contributed by atoms with Gasteiger partial charge in [-0.1, -0.05) is 17.7 Å². The van der Waals surface area contributed by atoms with E-state index in [1.165, 1.54) is 12.8 Å². The summed E-state index contributed by atoms with van der Waals surface area (Å²) in [7, 11) is 0. The highest BCUT2D eigenvalue weighted by Crippen LogP contribution is 2.39. The molecule has 1 fully saturated rings. The van der Waals surface area contributed by atoms with Crippen LogP contribution in [-0.2, 0) is 0 Å². The quantitative estimate of drug-likeness (QED) is 0.766. The number of nitrogens with zero attached hydrogens (tertiary/aromatic N) is 4. The van der Waals surface area contributed by atoms with E-state index < -0.39 is 0 Å². The minimum Gasteiger partial charge on any atom is -0.322 e. The number of hydrogen-bond donors (Lipinski definition) is 2. The van der Waals surface area contributed by atoms with Gasteiger partial charge < -0.3 is 5.32 Å². The molecule has 0 atom stereocenters. The summed E-state index contributed by atoms with van der Waals surface area (Å²) in [5, 5.41) is 10.9. The van der Waals surface area contributed by atoms with Gasteiger partial charge >= 0.3 is 0 Å². The first kappa shape index (κ1) is 13.2. The molecule has 4 rings (SSSR count). The zero-order chi connectivity index (χ0) is 14.9. The van der Waals surface area contributed by atoms with Gasteiger partial charge in [-0.25, -0.2) is 9.97 Å². The van der Waals surface area contributed by atoms with Gasteiger partial charge in [0.25, 0.3) is 0 Å². The SMILES string of the molecule is Clc1cnc(-c2ccccn2)nc1Nc1cc(C2CC2)[nH]n1.[HH]. The fourth-order valence-electron chi connectivity index (χ4n) is 2.20. The second-order valence-corrected chi connectivity index (χ2v) is 5.62. The molecule has 0 spiro atoms. The van der Waals surface area contributed by atoms with E-state index in [1.54, 1.807) is 12.4 Å². The number of pyridine rings is 1. The number of anilines is 2. The van der Waals surface area contributed by atoms with Crippen molar-refractivity contribution < 1.29 is 1.43 Å². The van der Waals surface area contributed by atoms with E-state index >= 15 is 0 Å². The van der Waals surface area contributed by atoms with E-state index in [1.807, 2.05) is 24.3 Å². The summed E-state index contributed by atoms with van der Waals surface area (Å²) < 4.78 is 0. The van der Waals surface area contributed by atoms with Crippen LogP contribution in [0.25, 0.3) is 11.5 Å². The lowest BCUT2D eigenvalue weighted by atomic mass is 10.3. The van der Waals surface area contributed by atoms with E-state index in [4.69, 9.17) is 11.6 Å². The molecule has 1 aliphatic carbocycles. The number of H-pyrrole nitrogens is 1. The summed E-state index contributed by atoms with van der Waals surface area (Å²) in [6.45, 7) is 0. The minimum absolute atomic E-state index is 0. The molecule has 0 aliphatic heterocycles. The molecule has 0 unspecified atom stereocenters. The van der Waals surface area contributed by atoms with Crippen molar-refractivity contribution in [3.8, 4) is 11.5 Å². The van der Waals surface area contributed by atoms with Crippen molar-refractivity contribution in [3.05, 3.63) is 47.4 Å². The first-order chi connectivity index (χ1) is 10.8. The number of nitrogens with one attached hydrogen (secondary N) is 2. The van der Waals surface area contributed by atoms with Crippen molar-refractivity contribution in [1.29, 1.82) is 0 Å². The number of halogens is 1. The molecule has 0 radical (unpaired) electrons. The van der Waals surface area contributed by atoms with Gasteiger partial charge in [0.1, 0.15) is 10.7 Å². The summed E-state index contributed by atoms with van der Waals surface area (Å²) in [6, 6.07) is 7.59. The lowest BCUT2D eigenvalue weighted by Crippen LogP contribution is -1.99. The molecule has 112 valence electrons. The second-order valence-electron chi connectivity index (χ2n) is 5.21. The summed E-state index contributed by atoms with van der Waals surface area (Å²) in [4.78, 5) is 12.9. The molecule has 6 nitrogen and oxygen atoms in total. The van der Waals surface area contributed by atoms with Gasteiger partial charge in [-0.3, -0.25) is 10.1 Å². The van der Waals surface area contributed by atoms with Gasteiger partial charge in [0.2, 0.25) is 0 Å². The van der Waals surface area contributed by atoms with Gasteiger partial charge in [-0.2, -0.15) is 5.10 Å². The third-order valence-corrected chi connectivity index (χ3v) is 3.78. The van der Waals surface area contributed by atoms with Crippen LogP contribution in [0.15, 0.2) is 36.7 Å². The Morgan fingerprint density at radius 2 is 2.18 bits per heavy atom. The molecule has 0 saturated heterocycles. The van der Waals surface area contributed by atoms with Crippen LogP contribution in [0.5, 0.6) is 0 Å². The molecule has 1 saturated carbocycles. The number of rotatable bonds is 4. The molecular weight excluding hydrogens is 300 g/mol. The Morgan fingerprint density at radius 1 is 1.27 bits per heavy atom. The van der Waals surface area contributed by atoms with Crippen LogP contribution in [0.3, 0.4) is 0 Å². The maximum absolute atomic E-state index is 6.17. The maximum atomic E-state index is 6.17. The predicted molar refractivity (Wildman–Crippen MR) is 86.2 cm³/mol. The zero-order valence-corrected chi connectivity index (χ0v) is 12.4. The van der Waals surface area contributed by atoms with Crippen molar-refractivity contribution in [2.45, 2.75) is 18.8 Å². The molecule has 3 aromatic heterocycles. The normalized spacial score (nSPS) is 14.0. The van der Waals surface area contributed by atoms with Crippen molar-refractivity contribution in [2.24, 2.45) is 0 Å². The molecule has 1 aliphatic rings. The van der Waals surface area contributed by atoms with Crippen LogP contribution in [0, 0.1) is 0 Å². The Hall–Kier alpha value is -2.47. The molecule has 3 aromatic rings. The number of hydrogen-bond acceptors (Lipinski definition) is 5. The second kappa shape index (κ2) is 5.38. The van der Waals surface area contributed by atoms with E-state index in [-0.39, 0.29) is 1.43 Å². The third-order valence-electron chi connectivity index (χ3n) is 3.50. The average molecular weight is 315 g/mol. The standard InChI is InChI=1S/C15H13ClN6.H2/c16-10-8-18-15(11-3-1-2-6-17-11)20-14(10)19-13-7-12(21-22-13)9-4-5-9;/h1-3,6-9H,4-5H2,(H2,18,19,20,21,22);1H. The van der Waals surface area contributed by atoms with Crippen molar-refractivity contribution in [2.75, 3.05) is 5.32 Å². The monoisotopic (exact) mass is 314 g/mol. The topological polar surface area (TPSA) is 79.4 Å². The van der Waals surface area contributed by atoms with Gasteiger partial charge in [0.05, 0.1) is 6.20 Å². The fourth-order valence-corrected chi connectivity index (χ4v) is 2.34. The molecule has 0 aromatic carbocycles. The predicted octanol–water partition coefficient (Wildman–Crippen LogP) is 3.78. The van der Waals surface area contributed by atoms with Crippen LogP contribution in [0.4, 0.5) is 11.6 Å². The summed E-state index contributed by atoms with van der Waals surface area (Å²) in [5.41, 5.74) is 1.85. The van der Waals surface area contributed by atoms with Crippen LogP contribution in [0.2, 0.25) is 5.02 Å². The van der Waals surface area contributed by atoms with E-state index in [0.717, 1.165) is 5.69 Å². The molecule has 3 heterocycles. The third kappa shape index (κ3) is 2.65. The number of aromatic amines is 1. The van der Waals surface area contributed by atoms with Crippen LogP contribution in [0.1, 0.15) is 25.9 Å². The lowest BCUT2D eigenvalue weighted by molar-refractivity contribution is 0.966. The summed E-state index contributed by atoms with van der Waals surface area (Å²) in [6.07, 6.45) is 5.71. The first-order valence-electron chi connectivity index (χ1n) is 7.06. The molecule has 2 N–H and O–H groups in total. The van der Waals surface area contributed by atoms with Gasteiger partial charge in [-0.15, -0.1) is 0 Å². The fraction of sp³-hybridized carbons (Fsp3) is 0.200. The summed E-state index contributed by atoms with van der Waals surface area (Å²) >= 11 is 6.17. The average Bonchev–Trinajstić information content (AvgIpc) is 3.30. The Balaban J connectivity index is 0.00000156. The highest BCUT2D eigenvalue weighted by molar-refractivity contribution is 6.32. The lowest BCUT2D eigenvalue weighted by Gasteiger charge is -2.06. The van der Waals surface area contributed by atoms with Gasteiger partial charge in [0, 0.05) is 25.3 Å². The highest BCUT2D eigenvalue weighted by Gasteiger charge is 2.25. The van der Waals surface area contributed by atoms with Crippen LogP contribution < -0.4 is 5.32 Å². The van der Waals surface area contributed by atoms with E-state index in [0.29, 0.717) is 34.1 Å². The minimum atomic E-state index is 0. The Morgan fingerprint density at radius 3 is 2.95 bits per heavy atom. The van der Waals surface area contributed by atoms with Gasteiger partial charge in [-0.05, 0) is 25.0 Å². The number of aromatic nitrogens is 5. The van der Waals surface area contributed by atoms with Gasteiger partial charge in [0.15, 0.2) is 17.5 Å². The summed E-state index contributed by atoms with van der Waals surface area (Å²) in [5.74, 6) is 2.36. The molecule has 0 bridgehead atoms. The molecule has 7 heteroatoms. The first-order valence-corrected chi connectivity index (χ1v) is 7.43. The van der Waals surface area contributed by atoms with Crippen molar-refractivity contribution in [3.63, 3.8) is 0 Å². The molecule has 22 heavy (non-hydrogen) atoms. The van der Waals surface area contributed by atoms with Crippen LogP contribution >= 0.6 is 11.6 Å². The van der Waals surface area contributed by atoms with Crippen LogP contribution in [-0.4, -0.2) is 25.1 Å². The Bertz CT molecular complexity index is 803. The molecule has 0 amide bonds.